The van der Waals surface area contributed by atoms with Gasteiger partial charge in [0.1, 0.15) is 10.8 Å². The van der Waals surface area contributed by atoms with Crippen LogP contribution in [0.1, 0.15) is 15.9 Å². The first-order valence-electron chi connectivity index (χ1n) is 5.90. The van der Waals surface area contributed by atoms with E-state index in [1.165, 1.54) is 30.3 Å². The lowest BCUT2D eigenvalue weighted by Crippen LogP contribution is -2.13. The van der Waals surface area contributed by atoms with Crippen molar-refractivity contribution in [1.29, 1.82) is 0 Å². The van der Waals surface area contributed by atoms with Gasteiger partial charge in [-0.1, -0.05) is 11.6 Å². The van der Waals surface area contributed by atoms with Gasteiger partial charge in [-0.3, -0.25) is 14.9 Å². The Morgan fingerprint density at radius 1 is 1.29 bits per heavy atom. The summed E-state index contributed by atoms with van der Waals surface area (Å²) in [5.74, 6) is -0.947. The van der Waals surface area contributed by atoms with Crippen molar-refractivity contribution in [3.63, 3.8) is 0 Å². The summed E-state index contributed by atoms with van der Waals surface area (Å²) in [5.41, 5.74) is 0.723. The molecule has 1 amide bonds. The number of carbonyl (C=O) groups is 1. The molecule has 0 aromatic heterocycles. The molecule has 2 aromatic carbocycles. The summed E-state index contributed by atoms with van der Waals surface area (Å²) in [6.07, 6.45) is 0. The van der Waals surface area contributed by atoms with Crippen LogP contribution in [0.25, 0.3) is 0 Å². The molecule has 0 aliphatic rings. The highest BCUT2D eigenvalue weighted by Crippen LogP contribution is 2.25. The van der Waals surface area contributed by atoms with Gasteiger partial charge < -0.3 is 5.32 Å². The van der Waals surface area contributed by atoms with E-state index in [1.807, 2.05) is 0 Å². The maximum Gasteiger partial charge on any atom is 0.288 e. The van der Waals surface area contributed by atoms with E-state index in [0.717, 1.165) is 6.07 Å². The first kappa shape index (κ1) is 14.9. The number of halogens is 2. The minimum atomic E-state index is -0.664. The third-order valence-corrected chi connectivity index (χ3v) is 3.16. The summed E-state index contributed by atoms with van der Waals surface area (Å²) < 4.78 is 13.0. The van der Waals surface area contributed by atoms with Crippen molar-refractivity contribution in [1.82, 2.24) is 0 Å². The predicted molar refractivity (Wildman–Crippen MR) is 77.2 cm³/mol. The Bertz CT molecular complexity index is 734. The fraction of sp³-hybridized carbons (Fsp3) is 0.0714. The van der Waals surface area contributed by atoms with Crippen molar-refractivity contribution in [3.8, 4) is 0 Å². The zero-order valence-electron chi connectivity index (χ0n) is 10.9. The zero-order chi connectivity index (χ0) is 15.6. The van der Waals surface area contributed by atoms with Gasteiger partial charge in [0.2, 0.25) is 0 Å². The second-order valence-corrected chi connectivity index (χ2v) is 4.74. The van der Waals surface area contributed by atoms with E-state index in [9.17, 15) is 19.3 Å². The third kappa shape index (κ3) is 3.35. The standard InChI is InChI=1S/C14H10ClFN2O3/c1-8-6-10(16)3-5-12(8)17-14(19)9-2-4-11(15)13(7-9)18(20)21/h2-7H,1H3,(H,17,19). The van der Waals surface area contributed by atoms with Crippen LogP contribution in [0.2, 0.25) is 5.02 Å². The Morgan fingerprint density at radius 3 is 2.62 bits per heavy atom. The first-order valence-corrected chi connectivity index (χ1v) is 6.27. The first-order chi connectivity index (χ1) is 9.88. The fourth-order valence-corrected chi connectivity index (χ4v) is 1.94. The van der Waals surface area contributed by atoms with Crippen molar-refractivity contribution in [2.45, 2.75) is 6.92 Å². The number of amides is 1. The lowest BCUT2D eigenvalue weighted by molar-refractivity contribution is -0.384. The zero-order valence-corrected chi connectivity index (χ0v) is 11.6. The van der Waals surface area contributed by atoms with Crippen LogP contribution in [0, 0.1) is 22.9 Å². The SMILES string of the molecule is Cc1cc(F)ccc1NC(=O)c1ccc(Cl)c([N+](=O)[O-])c1. The van der Waals surface area contributed by atoms with Gasteiger partial charge in [0.25, 0.3) is 11.6 Å². The molecule has 108 valence electrons. The minimum Gasteiger partial charge on any atom is -0.322 e. The van der Waals surface area contributed by atoms with Gasteiger partial charge >= 0.3 is 0 Å². The lowest BCUT2D eigenvalue weighted by atomic mass is 10.1. The maximum absolute atomic E-state index is 13.0. The summed E-state index contributed by atoms with van der Waals surface area (Å²) in [6.45, 7) is 1.64. The number of nitro groups is 1. The van der Waals surface area contributed by atoms with Crippen LogP contribution in [0.3, 0.4) is 0 Å². The number of nitrogens with one attached hydrogen (secondary N) is 1. The van der Waals surface area contributed by atoms with Crippen LogP contribution in [-0.4, -0.2) is 10.8 Å². The minimum absolute atomic E-state index is 0.0467. The monoisotopic (exact) mass is 308 g/mol. The highest BCUT2D eigenvalue weighted by Gasteiger charge is 2.16. The largest absolute Gasteiger partial charge is 0.322 e. The van der Waals surface area contributed by atoms with E-state index in [-0.39, 0.29) is 16.3 Å². The number of hydrogen-bond acceptors (Lipinski definition) is 3. The van der Waals surface area contributed by atoms with Gasteiger partial charge in [0.05, 0.1) is 4.92 Å². The maximum atomic E-state index is 13.0. The van der Waals surface area contributed by atoms with Gasteiger partial charge in [-0.15, -0.1) is 0 Å². The smallest absolute Gasteiger partial charge is 0.288 e. The second kappa shape index (κ2) is 5.88. The normalized spacial score (nSPS) is 10.2. The molecule has 0 saturated heterocycles. The molecule has 0 radical (unpaired) electrons. The molecular weight excluding hydrogens is 299 g/mol. The van der Waals surface area contributed by atoms with E-state index in [4.69, 9.17) is 11.6 Å². The summed E-state index contributed by atoms with van der Waals surface area (Å²) in [7, 11) is 0. The van der Waals surface area contributed by atoms with E-state index < -0.39 is 16.6 Å². The molecule has 0 aliphatic carbocycles. The Kier molecular flexibility index (Phi) is 4.18. The number of nitro benzene ring substituents is 1. The molecule has 0 spiro atoms. The molecule has 0 unspecified atom stereocenters. The van der Waals surface area contributed by atoms with E-state index in [1.54, 1.807) is 6.92 Å². The Hall–Kier alpha value is -2.47. The van der Waals surface area contributed by atoms with Crippen LogP contribution >= 0.6 is 11.6 Å². The Morgan fingerprint density at radius 2 is 2.00 bits per heavy atom. The molecule has 0 atom stereocenters. The predicted octanol–water partition coefficient (Wildman–Crippen LogP) is 3.95. The van der Waals surface area contributed by atoms with Crippen molar-refractivity contribution >= 4 is 28.9 Å². The van der Waals surface area contributed by atoms with E-state index in [0.29, 0.717) is 11.3 Å². The Labute approximate surface area is 124 Å². The van der Waals surface area contributed by atoms with Gasteiger partial charge in [-0.25, -0.2) is 4.39 Å². The molecule has 21 heavy (non-hydrogen) atoms. The fourth-order valence-electron chi connectivity index (χ4n) is 1.76. The van der Waals surface area contributed by atoms with Crippen molar-refractivity contribution in [2.75, 3.05) is 5.32 Å². The molecule has 0 saturated carbocycles. The van der Waals surface area contributed by atoms with E-state index in [2.05, 4.69) is 5.32 Å². The van der Waals surface area contributed by atoms with Gasteiger partial charge in [-0.05, 0) is 42.8 Å². The van der Waals surface area contributed by atoms with Crippen molar-refractivity contribution in [2.24, 2.45) is 0 Å². The summed E-state index contributed by atoms with van der Waals surface area (Å²) >= 11 is 5.68. The van der Waals surface area contributed by atoms with Gasteiger partial charge in [0.15, 0.2) is 0 Å². The highest BCUT2D eigenvalue weighted by atomic mass is 35.5. The number of nitrogens with zero attached hydrogens (tertiary/aromatic N) is 1. The topological polar surface area (TPSA) is 72.2 Å². The third-order valence-electron chi connectivity index (χ3n) is 2.84. The molecule has 0 aliphatic heterocycles. The van der Waals surface area contributed by atoms with E-state index >= 15 is 0 Å². The molecule has 5 nitrogen and oxygen atoms in total. The molecule has 1 N–H and O–H groups in total. The molecule has 0 fully saturated rings. The number of aryl methyl sites for hydroxylation is 1. The summed E-state index contributed by atoms with van der Waals surface area (Å²) in [5, 5.41) is 13.3. The quantitative estimate of drug-likeness (QED) is 0.689. The number of carbonyl (C=O) groups excluding carboxylic acids is 1. The van der Waals surface area contributed by atoms with Crippen LogP contribution < -0.4 is 5.32 Å². The average Bonchev–Trinajstić information content (AvgIpc) is 2.42. The number of anilines is 1. The summed E-state index contributed by atoms with van der Waals surface area (Å²) in [4.78, 5) is 22.2. The average molecular weight is 309 g/mol. The molecule has 0 heterocycles. The Balaban J connectivity index is 2.28. The molecule has 2 aromatic rings. The van der Waals surface area contributed by atoms with Crippen molar-refractivity contribution in [3.05, 3.63) is 68.5 Å². The van der Waals surface area contributed by atoms with Crippen LogP contribution in [-0.2, 0) is 0 Å². The molecule has 0 bridgehead atoms. The molecule has 2 rings (SSSR count). The van der Waals surface area contributed by atoms with Crippen LogP contribution in [0.4, 0.5) is 15.8 Å². The van der Waals surface area contributed by atoms with Gasteiger partial charge in [-0.2, -0.15) is 0 Å². The number of rotatable bonds is 3. The lowest BCUT2D eigenvalue weighted by Gasteiger charge is -2.08. The van der Waals surface area contributed by atoms with Gasteiger partial charge in [0, 0.05) is 17.3 Å². The second-order valence-electron chi connectivity index (χ2n) is 4.34. The number of hydrogen-bond donors (Lipinski definition) is 1. The highest BCUT2D eigenvalue weighted by molar-refractivity contribution is 6.32. The number of benzene rings is 2. The van der Waals surface area contributed by atoms with Crippen molar-refractivity contribution < 1.29 is 14.1 Å². The van der Waals surface area contributed by atoms with Crippen LogP contribution in [0.15, 0.2) is 36.4 Å². The molecule has 7 heteroatoms. The van der Waals surface area contributed by atoms with Crippen LogP contribution in [0.5, 0.6) is 0 Å². The molecular formula is C14H10ClFN2O3. The summed E-state index contributed by atoms with van der Waals surface area (Å²) in [6, 6.07) is 7.67.